The van der Waals surface area contributed by atoms with Gasteiger partial charge in [0.1, 0.15) is 6.04 Å². The molecule has 0 radical (unpaired) electrons. The zero-order chi connectivity index (χ0) is 18.8. The van der Waals surface area contributed by atoms with E-state index in [9.17, 15) is 19.5 Å². The number of nitrogens with one attached hydrogen (secondary N) is 1. The first-order valence-corrected chi connectivity index (χ1v) is 8.61. The Balaban J connectivity index is 2.00. The van der Waals surface area contributed by atoms with Gasteiger partial charge >= 0.3 is 11.9 Å². The van der Waals surface area contributed by atoms with Gasteiger partial charge in [-0.1, -0.05) is 11.6 Å². The molecule has 0 saturated carbocycles. The van der Waals surface area contributed by atoms with E-state index in [0.717, 1.165) is 24.1 Å². The van der Waals surface area contributed by atoms with Gasteiger partial charge in [-0.15, -0.1) is 0 Å². The van der Waals surface area contributed by atoms with Gasteiger partial charge in [-0.3, -0.25) is 14.6 Å². The summed E-state index contributed by atoms with van der Waals surface area (Å²) >= 11 is 6.07. The molecule has 136 valence electrons. The molecule has 8 heteroatoms. The van der Waals surface area contributed by atoms with Crippen LogP contribution in [0.3, 0.4) is 0 Å². The molecule has 26 heavy (non-hydrogen) atoms. The lowest BCUT2D eigenvalue weighted by atomic mass is 10.00. The highest BCUT2D eigenvalue weighted by Gasteiger charge is 2.27. The van der Waals surface area contributed by atoms with Gasteiger partial charge in [0, 0.05) is 22.5 Å². The van der Waals surface area contributed by atoms with Gasteiger partial charge in [0.2, 0.25) is 0 Å². The number of halogens is 1. The summed E-state index contributed by atoms with van der Waals surface area (Å²) < 4.78 is 0. The molecule has 2 aromatic rings. The van der Waals surface area contributed by atoms with E-state index < -0.39 is 23.9 Å². The summed E-state index contributed by atoms with van der Waals surface area (Å²) in [6.07, 6.45) is 1.77. The number of aliphatic carboxylic acids is 2. The van der Waals surface area contributed by atoms with E-state index in [0.29, 0.717) is 27.9 Å². The molecular formula is C18H17ClN2O5. The van der Waals surface area contributed by atoms with Crippen LogP contribution in [0.1, 0.15) is 40.9 Å². The second kappa shape index (κ2) is 7.29. The second-order valence-electron chi connectivity index (χ2n) is 6.22. The molecule has 0 unspecified atom stereocenters. The average Bonchev–Trinajstić information content (AvgIpc) is 3.03. The standard InChI is InChI=1S/C18H17ClN2O5/c19-9-4-5-13-11(8-9)16(10-2-1-3-12(10)20-13)17(24)21-14(18(25)26)6-7-15(22)23/h4-5,8,14H,1-3,6-7H2,(H,21,24)(H,22,23)(H,25,26)/t14-/m0/s1. The molecule has 1 aliphatic carbocycles. The predicted octanol–water partition coefficient (Wildman–Crippen LogP) is 2.42. The zero-order valence-corrected chi connectivity index (χ0v) is 14.5. The maximum Gasteiger partial charge on any atom is 0.326 e. The molecule has 3 N–H and O–H groups in total. The van der Waals surface area contributed by atoms with Gasteiger partial charge in [-0.25, -0.2) is 4.79 Å². The van der Waals surface area contributed by atoms with E-state index in [1.165, 1.54) is 0 Å². The van der Waals surface area contributed by atoms with E-state index in [-0.39, 0.29) is 12.8 Å². The number of amides is 1. The third-order valence-electron chi connectivity index (χ3n) is 4.45. The molecule has 1 heterocycles. The largest absolute Gasteiger partial charge is 0.481 e. The Bertz CT molecular complexity index is 912. The lowest BCUT2D eigenvalue weighted by Crippen LogP contribution is -2.41. The Morgan fingerprint density at radius 1 is 1.23 bits per heavy atom. The van der Waals surface area contributed by atoms with Crippen molar-refractivity contribution < 1.29 is 24.6 Å². The van der Waals surface area contributed by atoms with Crippen LogP contribution in [0.15, 0.2) is 18.2 Å². The maximum absolute atomic E-state index is 12.9. The number of hydrogen-bond acceptors (Lipinski definition) is 4. The van der Waals surface area contributed by atoms with Crippen LogP contribution in [0.2, 0.25) is 5.02 Å². The summed E-state index contributed by atoms with van der Waals surface area (Å²) in [4.78, 5) is 39.6. The molecule has 1 aliphatic rings. The Labute approximate surface area is 154 Å². The van der Waals surface area contributed by atoms with Crippen molar-refractivity contribution in [1.29, 1.82) is 0 Å². The Morgan fingerprint density at radius 3 is 2.69 bits per heavy atom. The molecule has 0 aliphatic heterocycles. The minimum atomic E-state index is -1.28. The minimum Gasteiger partial charge on any atom is -0.481 e. The fraction of sp³-hybridized carbons (Fsp3) is 0.333. The van der Waals surface area contributed by atoms with E-state index in [2.05, 4.69) is 10.3 Å². The Kier molecular flexibility index (Phi) is 5.08. The van der Waals surface area contributed by atoms with E-state index in [4.69, 9.17) is 16.7 Å². The fourth-order valence-electron chi connectivity index (χ4n) is 3.25. The smallest absolute Gasteiger partial charge is 0.326 e. The number of benzene rings is 1. The number of pyridine rings is 1. The molecule has 0 spiro atoms. The van der Waals surface area contributed by atoms with Crippen LogP contribution in [0, 0.1) is 0 Å². The van der Waals surface area contributed by atoms with Crippen LogP contribution in [0.25, 0.3) is 10.9 Å². The van der Waals surface area contributed by atoms with Crippen LogP contribution in [0.4, 0.5) is 0 Å². The third kappa shape index (κ3) is 3.62. The van der Waals surface area contributed by atoms with E-state index >= 15 is 0 Å². The lowest BCUT2D eigenvalue weighted by Gasteiger charge is -2.17. The van der Waals surface area contributed by atoms with E-state index in [1.54, 1.807) is 18.2 Å². The van der Waals surface area contributed by atoms with Crippen molar-refractivity contribution in [2.45, 2.75) is 38.1 Å². The van der Waals surface area contributed by atoms with Crippen LogP contribution in [-0.4, -0.2) is 39.1 Å². The molecule has 0 saturated heterocycles. The number of aromatic nitrogens is 1. The monoisotopic (exact) mass is 376 g/mol. The summed E-state index contributed by atoms with van der Waals surface area (Å²) in [6, 6.07) is 3.78. The molecule has 1 atom stereocenters. The normalized spacial score (nSPS) is 14.0. The first-order valence-electron chi connectivity index (χ1n) is 8.23. The van der Waals surface area contributed by atoms with Gasteiger partial charge in [0.05, 0.1) is 11.1 Å². The topological polar surface area (TPSA) is 117 Å². The van der Waals surface area contributed by atoms with Gasteiger partial charge < -0.3 is 15.5 Å². The zero-order valence-electron chi connectivity index (χ0n) is 13.8. The van der Waals surface area contributed by atoms with Crippen molar-refractivity contribution in [3.05, 3.63) is 40.0 Å². The number of carboxylic acid groups (broad SMARTS) is 2. The highest BCUT2D eigenvalue weighted by Crippen LogP contribution is 2.31. The van der Waals surface area contributed by atoms with Gasteiger partial charge in [-0.05, 0) is 49.4 Å². The number of carboxylic acids is 2. The van der Waals surface area contributed by atoms with Crippen LogP contribution in [0.5, 0.6) is 0 Å². The molecule has 1 amide bonds. The summed E-state index contributed by atoms with van der Waals surface area (Å²) in [5.74, 6) is -2.93. The predicted molar refractivity (Wildman–Crippen MR) is 94.5 cm³/mol. The van der Waals surface area contributed by atoms with Gasteiger partial charge in [0.15, 0.2) is 0 Å². The molecule has 3 rings (SSSR count). The number of fused-ring (bicyclic) bond motifs is 2. The van der Waals surface area contributed by atoms with Crippen molar-refractivity contribution >= 4 is 40.3 Å². The highest BCUT2D eigenvalue weighted by atomic mass is 35.5. The Morgan fingerprint density at radius 2 is 2.00 bits per heavy atom. The summed E-state index contributed by atoms with van der Waals surface area (Å²) in [7, 11) is 0. The van der Waals surface area contributed by atoms with Gasteiger partial charge in [0.25, 0.3) is 5.91 Å². The van der Waals surface area contributed by atoms with E-state index in [1.807, 2.05) is 0 Å². The number of carbonyl (C=O) groups is 3. The minimum absolute atomic E-state index is 0.192. The molecule has 7 nitrogen and oxygen atoms in total. The fourth-order valence-corrected chi connectivity index (χ4v) is 3.42. The number of aryl methyl sites for hydroxylation is 1. The summed E-state index contributed by atoms with van der Waals surface area (Å²) in [6.45, 7) is 0. The van der Waals surface area contributed by atoms with Crippen LogP contribution >= 0.6 is 11.6 Å². The maximum atomic E-state index is 12.9. The third-order valence-corrected chi connectivity index (χ3v) is 4.69. The van der Waals surface area contributed by atoms with Crippen LogP contribution < -0.4 is 5.32 Å². The van der Waals surface area contributed by atoms with Crippen molar-refractivity contribution in [2.24, 2.45) is 0 Å². The number of nitrogens with zero attached hydrogens (tertiary/aromatic N) is 1. The highest BCUT2D eigenvalue weighted by molar-refractivity contribution is 6.31. The van der Waals surface area contributed by atoms with Gasteiger partial charge in [-0.2, -0.15) is 0 Å². The molecule has 0 fully saturated rings. The summed E-state index contributed by atoms with van der Waals surface area (Å²) in [5.41, 5.74) is 2.64. The van der Waals surface area contributed by atoms with Crippen molar-refractivity contribution in [1.82, 2.24) is 10.3 Å². The molecule has 1 aromatic carbocycles. The first kappa shape index (κ1) is 18.1. The molecule has 0 bridgehead atoms. The molecule has 1 aromatic heterocycles. The SMILES string of the molecule is O=C(O)CC[C@H](NC(=O)c1c2c(nc3ccc(Cl)cc13)CCC2)C(=O)O. The number of carbonyl (C=O) groups excluding carboxylic acids is 1. The van der Waals surface area contributed by atoms with Crippen molar-refractivity contribution in [3.8, 4) is 0 Å². The number of rotatable bonds is 6. The molecular weight excluding hydrogens is 360 g/mol. The summed E-state index contributed by atoms with van der Waals surface area (Å²) in [5, 5.41) is 21.5. The van der Waals surface area contributed by atoms with Crippen LogP contribution in [-0.2, 0) is 22.4 Å². The number of hydrogen-bond donors (Lipinski definition) is 3. The van der Waals surface area contributed by atoms with Crippen molar-refractivity contribution in [3.63, 3.8) is 0 Å². The lowest BCUT2D eigenvalue weighted by molar-refractivity contribution is -0.140. The quantitative estimate of drug-likeness (QED) is 0.712. The Hall–Kier alpha value is -2.67. The first-order chi connectivity index (χ1) is 12.4. The second-order valence-corrected chi connectivity index (χ2v) is 6.66. The average molecular weight is 377 g/mol. The van der Waals surface area contributed by atoms with Crippen molar-refractivity contribution in [2.75, 3.05) is 0 Å².